The van der Waals surface area contributed by atoms with E-state index in [1.54, 1.807) is 0 Å². The van der Waals surface area contributed by atoms with E-state index in [1.165, 1.54) is 0 Å². The van der Waals surface area contributed by atoms with Gasteiger partial charge < -0.3 is 5.32 Å². The molecule has 1 N–H and O–H groups in total. The van der Waals surface area contributed by atoms with Crippen molar-refractivity contribution < 1.29 is 21.1 Å². The number of hydrogen-bond acceptors (Lipinski definition) is 5. The quantitative estimate of drug-likeness (QED) is 0.772. The molecule has 6 nitrogen and oxygen atoms in total. The van der Waals surface area contributed by atoms with Crippen molar-refractivity contribution in [1.29, 1.82) is 0 Å². The van der Waals surface area contributed by atoms with Crippen molar-refractivity contribution in [2.24, 2.45) is 0 Å². The van der Waals surface area contributed by atoms with Gasteiger partial charge in [-0.3, -0.25) is 4.57 Å². The van der Waals surface area contributed by atoms with Crippen LogP contribution in [0.5, 0.6) is 0 Å². The molecule has 1 aromatic heterocycles. The maximum atomic E-state index is 12.8. The molecule has 1 aliphatic heterocycles. The van der Waals surface area contributed by atoms with Gasteiger partial charge in [0.1, 0.15) is 5.82 Å². The summed E-state index contributed by atoms with van der Waals surface area (Å²) < 4.78 is 59.5. The molecule has 0 atom stereocenters. The summed E-state index contributed by atoms with van der Waals surface area (Å²) in [5.74, 6) is -0.142. The van der Waals surface area contributed by atoms with E-state index in [4.69, 9.17) is 0 Å². The minimum absolute atomic E-state index is 0.0697. The molecule has 1 aromatic rings. The molecule has 17 heavy (non-hydrogen) atoms. The standard InChI is InChI=1S/C7H9F3N4O2S/c8-5(9)3-14-6(4-1-11-2-4)12-13-7(14)17(10,15)16/h4-5,11H,1-3H2. The van der Waals surface area contributed by atoms with Gasteiger partial charge in [-0.25, -0.2) is 8.78 Å². The Morgan fingerprint density at radius 2 is 2.06 bits per heavy atom. The molecular formula is C7H9F3N4O2S. The molecule has 2 rings (SSSR count). The van der Waals surface area contributed by atoms with Crippen LogP contribution in [-0.4, -0.2) is 42.7 Å². The first-order valence-electron chi connectivity index (χ1n) is 4.76. The first-order chi connectivity index (χ1) is 7.89. The molecule has 10 heteroatoms. The Bertz CT molecular complexity index is 511. The van der Waals surface area contributed by atoms with Gasteiger partial charge in [0.2, 0.25) is 0 Å². The summed E-state index contributed by atoms with van der Waals surface area (Å²) in [4.78, 5) is 0. The molecule has 0 unspecified atom stereocenters. The maximum absolute atomic E-state index is 12.8. The highest BCUT2D eigenvalue weighted by Gasteiger charge is 2.31. The van der Waals surface area contributed by atoms with E-state index in [0.717, 1.165) is 0 Å². The van der Waals surface area contributed by atoms with Crippen molar-refractivity contribution in [3.05, 3.63) is 5.82 Å². The van der Waals surface area contributed by atoms with Crippen LogP contribution in [0.15, 0.2) is 5.16 Å². The topological polar surface area (TPSA) is 76.9 Å². The van der Waals surface area contributed by atoms with E-state index >= 15 is 0 Å². The molecule has 0 radical (unpaired) electrons. The summed E-state index contributed by atoms with van der Waals surface area (Å²) in [5.41, 5.74) is 0. The van der Waals surface area contributed by atoms with Crippen LogP contribution in [0.2, 0.25) is 0 Å². The third kappa shape index (κ3) is 2.41. The summed E-state index contributed by atoms with van der Waals surface area (Å²) in [5, 5.41) is 8.43. The van der Waals surface area contributed by atoms with E-state index in [9.17, 15) is 21.1 Å². The van der Waals surface area contributed by atoms with Crippen LogP contribution in [-0.2, 0) is 16.8 Å². The summed E-state index contributed by atoms with van der Waals surface area (Å²) in [7, 11) is -5.14. The number of rotatable bonds is 4. The molecule has 1 fully saturated rings. The Morgan fingerprint density at radius 3 is 2.47 bits per heavy atom. The lowest BCUT2D eigenvalue weighted by atomic mass is 10.0. The third-order valence-corrected chi connectivity index (χ3v) is 3.17. The second-order valence-electron chi connectivity index (χ2n) is 3.64. The van der Waals surface area contributed by atoms with Crippen molar-refractivity contribution in [2.45, 2.75) is 24.0 Å². The van der Waals surface area contributed by atoms with Gasteiger partial charge in [-0.15, -0.1) is 10.2 Å². The zero-order valence-corrected chi connectivity index (χ0v) is 9.29. The highest BCUT2D eigenvalue weighted by Crippen LogP contribution is 2.22. The molecular weight excluding hydrogens is 261 g/mol. The zero-order valence-electron chi connectivity index (χ0n) is 8.48. The average Bonchev–Trinajstić information content (AvgIpc) is 2.44. The lowest BCUT2D eigenvalue weighted by molar-refractivity contribution is 0.120. The highest BCUT2D eigenvalue weighted by atomic mass is 32.3. The lowest BCUT2D eigenvalue weighted by Crippen LogP contribution is -2.41. The Hall–Kier alpha value is -1.16. The molecule has 0 amide bonds. The van der Waals surface area contributed by atoms with Crippen molar-refractivity contribution in [1.82, 2.24) is 20.1 Å². The number of halogens is 3. The molecule has 1 aliphatic rings. The average molecular weight is 270 g/mol. The van der Waals surface area contributed by atoms with Crippen molar-refractivity contribution in [2.75, 3.05) is 13.1 Å². The first kappa shape index (κ1) is 12.3. The fourth-order valence-electron chi connectivity index (χ4n) is 1.56. The van der Waals surface area contributed by atoms with Gasteiger partial charge >= 0.3 is 10.2 Å². The van der Waals surface area contributed by atoms with Gasteiger partial charge in [0.15, 0.2) is 0 Å². The molecule has 96 valence electrons. The fraction of sp³-hybridized carbons (Fsp3) is 0.714. The van der Waals surface area contributed by atoms with Gasteiger partial charge in [0.25, 0.3) is 11.6 Å². The van der Waals surface area contributed by atoms with Crippen LogP contribution in [0.25, 0.3) is 0 Å². The van der Waals surface area contributed by atoms with Gasteiger partial charge in [0, 0.05) is 19.0 Å². The Kier molecular flexibility index (Phi) is 3.08. The van der Waals surface area contributed by atoms with Crippen LogP contribution in [0, 0.1) is 0 Å². The monoisotopic (exact) mass is 270 g/mol. The van der Waals surface area contributed by atoms with Gasteiger partial charge in [-0.1, -0.05) is 3.89 Å². The van der Waals surface area contributed by atoms with Crippen molar-refractivity contribution >= 4 is 10.2 Å². The van der Waals surface area contributed by atoms with E-state index < -0.39 is 28.3 Å². The Balaban J connectivity index is 2.43. The highest BCUT2D eigenvalue weighted by molar-refractivity contribution is 7.86. The van der Waals surface area contributed by atoms with E-state index in [0.29, 0.717) is 17.7 Å². The van der Waals surface area contributed by atoms with Gasteiger partial charge in [-0.2, -0.15) is 8.42 Å². The zero-order chi connectivity index (χ0) is 12.6. The van der Waals surface area contributed by atoms with Crippen LogP contribution >= 0.6 is 0 Å². The van der Waals surface area contributed by atoms with Crippen LogP contribution in [0.4, 0.5) is 12.7 Å². The summed E-state index contributed by atoms with van der Waals surface area (Å²) in [6, 6.07) is 0. The summed E-state index contributed by atoms with van der Waals surface area (Å²) in [6.45, 7) is 0.0265. The SMILES string of the molecule is O=S(=O)(F)c1nnc(C2CNC2)n1CC(F)F. The van der Waals surface area contributed by atoms with Gasteiger partial charge in [0.05, 0.1) is 6.54 Å². The van der Waals surface area contributed by atoms with Crippen LogP contribution in [0.3, 0.4) is 0 Å². The number of nitrogens with zero attached hydrogens (tertiary/aromatic N) is 3. The van der Waals surface area contributed by atoms with E-state index in [2.05, 4.69) is 15.5 Å². The first-order valence-corrected chi connectivity index (χ1v) is 6.14. The predicted octanol–water partition coefficient (Wildman–Crippen LogP) is -0.112. The molecule has 0 aromatic carbocycles. The summed E-state index contributed by atoms with van der Waals surface area (Å²) >= 11 is 0. The smallest absolute Gasteiger partial charge is 0.315 e. The Morgan fingerprint density at radius 1 is 1.41 bits per heavy atom. The van der Waals surface area contributed by atoms with E-state index in [-0.39, 0.29) is 11.7 Å². The second-order valence-corrected chi connectivity index (χ2v) is 4.88. The predicted molar refractivity (Wildman–Crippen MR) is 49.9 cm³/mol. The molecule has 2 heterocycles. The minimum Gasteiger partial charge on any atom is -0.315 e. The molecule has 1 saturated heterocycles. The maximum Gasteiger partial charge on any atom is 0.368 e. The Labute approximate surface area is 95.0 Å². The largest absolute Gasteiger partial charge is 0.368 e. The number of aromatic nitrogens is 3. The second kappa shape index (κ2) is 4.26. The number of alkyl halides is 2. The molecule has 0 spiro atoms. The minimum atomic E-state index is -5.14. The van der Waals surface area contributed by atoms with Crippen molar-refractivity contribution in [3.8, 4) is 0 Å². The van der Waals surface area contributed by atoms with Crippen LogP contribution < -0.4 is 5.32 Å². The van der Waals surface area contributed by atoms with Gasteiger partial charge in [-0.05, 0) is 0 Å². The lowest BCUT2D eigenvalue weighted by Gasteiger charge is -2.26. The van der Waals surface area contributed by atoms with Crippen molar-refractivity contribution in [3.63, 3.8) is 0 Å². The number of hydrogen-bond donors (Lipinski definition) is 1. The third-order valence-electron chi connectivity index (χ3n) is 2.43. The molecule has 0 bridgehead atoms. The fourth-order valence-corrected chi connectivity index (χ4v) is 2.13. The summed E-state index contributed by atoms with van der Waals surface area (Å²) in [6.07, 6.45) is -2.81. The van der Waals surface area contributed by atoms with E-state index in [1.807, 2.05) is 0 Å². The number of nitrogens with one attached hydrogen (secondary N) is 1. The molecule has 0 saturated carbocycles. The molecule has 0 aliphatic carbocycles. The van der Waals surface area contributed by atoms with Crippen LogP contribution in [0.1, 0.15) is 11.7 Å². The normalized spacial score (nSPS) is 17.4.